The second kappa shape index (κ2) is 13.5. The summed E-state index contributed by atoms with van der Waals surface area (Å²) in [5.41, 5.74) is 3.52. The van der Waals surface area contributed by atoms with Gasteiger partial charge in [-0.25, -0.2) is 8.42 Å². The van der Waals surface area contributed by atoms with Gasteiger partial charge in [0, 0.05) is 43.3 Å². The Morgan fingerprint density at radius 2 is 1.74 bits per heavy atom. The Hall–Kier alpha value is -3.56. The van der Waals surface area contributed by atoms with Crippen LogP contribution in [0.2, 0.25) is 0 Å². The maximum atomic E-state index is 13.5. The van der Waals surface area contributed by atoms with E-state index in [1.165, 1.54) is 0 Å². The average molecular weight is 549 g/mol. The van der Waals surface area contributed by atoms with Crippen molar-refractivity contribution in [2.75, 3.05) is 30.3 Å². The molecule has 0 unspecified atom stereocenters. The number of fused-ring (bicyclic) bond motifs is 1. The molecular weight excluding hydrogens is 512 g/mol. The Kier molecular flexibility index (Phi) is 9.84. The predicted octanol–water partition coefficient (Wildman–Crippen LogP) is 4.29. The first kappa shape index (κ1) is 28.4. The van der Waals surface area contributed by atoms with Crippen LogP contribution in [0, 0.1) is 6.92 Å². The van der Waals surface area contributed by atoms with Gasteiger partial charge in [0.15, 0.2) is 9.84 Å². The Balaban J connectivity index is 1.52. The van der Waals surface area contributed by atoms with Gasteiger partial charge in [-0.3, -0.25) is 14.6 Å². The monoisotopic (exact) mass is 548 g/mol. The molecule has 2 amide bonds. The molecule has 8 nitrogen and oxygen atoms in total. The van der Waals surface area contributed by atoms with Gasteiger partial charge in [0.1, 0.15) is 0 Å². The minimum absolute atomic E-state index is 0.00397. The number of carbonyl (C=O) groups is 2. The lowest BCUT2D eigenvalue weighted by atomic mass is 10.0. The summed E-state index contributed by atoms with van der Waals surface area (Å²) in [6.45, 7) is 3.83. The summed E-state index contributed by atoms with van der Waals surface area (Å²) in [6.07, 6.45) is 8.47. The highest BCUT2D eigenvalue weighted by Gasteiger charge is 2.22. The van der Waals surface area contributed by atoms with Crippen molar-refractivity contribution in [2.24, 2.45) is 0 Å². The number of pyridine rings is 1. The SMILES string of the molecule is Cc1ccc(S(=O)(=O)CCNC(=O)c2ccc3c(c2)CNCCCCCCCN3C(=O)c2cccnc2)cc1. The van der Waals surface area contributed by atoms with Crippen LogP contribution in [-0.2, 0) is 16.4 Å². The van der Waals surface area contributed by atoms with Gasteiger partial charge in [-0.05, 0) is 74.3 Å². The lowest BCUT2D eigenvalue weighted by Crippen LogP contribution is -2.34. The van der Waals surface area contributed by atoms with Crippen molar-refractivity contribution in [3.8, 4) is 0 Å². The molecule has 2 N–H and O–H groups in total. The quantitative estimate of drug-likeness (QED) is 0.476. The molecule has 0 fully saturated rings. The van der Waals surface area contributed by atoms with Crippen LogP contribution in [0.4, 0.5) is 5.69 Å². The molecule has 0 spiro atoms. The standard InChI is InChI=1S/C30H36N4O4S/c1-23-9-12-27(13-10-23)39(37,38)19-17-33-29(35)24-11-14-28-26(20-24)22-31-15-5-3-2-4-6-18-34(28)30(36)25-8-7-16-32-21-25/h7-14,16,20-21,31H,2-6,15,17-19,22H2,1H3,(H,33,35). The summed E-state index contributed by atoms with van der Waals surface area (Å²) >= 11 is 0. The lowest BCUT2D eigenvalue weighted by Gasteiger charge is -2.26. The van der Waals surface area contributed by atoms with Crippen LogP contribution in [0.3, 0.4) is 0 Å². The summed E-state index contributed by atoms with van der Waals surface area (Å²) in [7, 11) is -3.51. The normalized spacial score (nSPS) is 14.9. The maximum Gasteiger partial charge on any atom is 0.259 e. The zero-order valence-electron chi connectivity index (χ0n) is 22.4. The van der Waals surface area contributed by atoms with Crippen LogP contribution in [0.15, 0.2) is 71.9 Å². The highest BCUT2D eigenvalue weighted by molar-refractivity contribution is 7.91. The van der Waals surface area contributed by atoms with E-state index in [4.69, 9.17) is 0 Å². The number of anilines is 1. The zero-order valence-corrected chi connectivity index (χ0v) is 23.2. The third-order valence-corrected chi connectivity index (χ3v) is 8.61. The van der Waals surface area contributed by atoms with Crippen molar-refractivity contribution in [1.82, 2.24) is 15.6 Å². The molecule has 3 aromatic rings. The number of aromatic nitrogens is 1. The van der Waals surface area contributed by atoms with Crippen LogP contribution in [0.1, 0.15) is 63.9 Å². The van der Waals surface area contributed by atoms with Gasteiger partial charge in [-0.15, -0.1) is 0 Å². The number of sulfone groups is 1. The fourth-order valence-electron chi connectivity index (χ4n) is 4.65. The topological polar surface area (TPSA) is 108 Å². The second-order valence-electron chi connectivity index (χ2n) is 9.87. The summed E-state index contributed by atoms with van der Waals surface area (Å²) in [6, 6.07) is 15.5. The van der Waals surface area contributed by atoms with E-state index in [1.807, 2.05) is 13.0 Å². The van der Waals surface area contributed by atoms with E-state index >= 15 is 0 Å². The molecule has 0 bridgehead atoms. The Labute approximate surface area is 230 Å². The van der Waals surface area contributed by atoms with Gasteiger partial charge >= 0.3 is 0 Å². The third kappa shape index (κ3) is 7.74. The molecule has 2 heterocycles. The van der Waals surface area contributed by atoms with Gasteiger partial charge in [-0.1, -0.05) is 37.0 Å². The molecule has 1 aliphatic rings. The molecule has 0 radical (unpaired) electrons. The number of nitrogens with zero attached hydrogens (tertiary/aromatic N) is 2. The van der Waals surface area contributed by atoms with E-state index < -0.39 is 9.84 Å². The number of nitrogens with one attached hydrogen (secondary N) is 2. The number of hydrogen-bond donors (Lipinski definition) is 2. The van der Waals surface area contributed by atoms with E-state index in [0.717, 1.165) is 55.5 Å². The molecule has 4 rings (SSSR count). The molecule has 39 heavy (non-hydrogen) atoms. The maximum absolute atomic E-state index is 13.5. The first-order valence-electron chi connectivity index (χ1n) is 13.5. The minimum atomic E-state index is -3.51. The molecule has 9 heteroatoms. The number of aryl methyl sites for hydroxylation is 1. The van der Waals surface area contributed by atoms with Gasteiger partial charge in [-0.2, -0.15) is 0 Å². The second-order valence-corrected chi connectivity index (χ2v) is 12.0. The van der Waals surface area contributed by atoms with Crippen molar-refractivity contribution >= 4 is 27.3 Å². The highest BCUT2D eigenvalue weighted by Crippen LogP contribution is 2.26. The highest BCUT2D eigenvalue weighted by atomic mass is 32.2. The van der Waals surface area contributed by atoms with Crippen molar-refractivity contribution in [2.45, 2.75) is 50.5 Å². The first-order chi connectivity index (χ1) is 18.8. The molecule has 1 aromatic heterocycles. The molecule has 0 atom stereocenters. The van der Waals surface area contributed by atoms with Crippen LogP contribution >= 0.6 is 0 Å². The van der Waals surface area contributed by atoms with E-state index in [-0.39, 0.29) is 29.0 Å². The molecule has 0 saturated carbocycles. The summed E-state index contributed by atoms with van der Waals surface area (Å²) in [5.74, 6) is -0.671. The first-order valence-corrected chi connectivity index (χ1v) is 15.1. The fourth-order valence-corrected chi connectivity index (χ4v) is 5.80. The molecule has 206 valence electrons. The average Bonchev–Trinajstić information content (AvgIpc) is 2.93. The number of amides is 2. The molecule has 2 aromatic carbocycles. The molecular formula is C30H36N4O4S. The summed E-state index contributed by atoms with van der Waals surface area (Å²) in [5, 5.41) is 6.19. The number of rotatable bonds is 6. The molecule has 1 aliphatic heterocycles. The van der Waals surface area contributed by atoms with Crippen LogP contribution < -0.4 is 15.5 Å². The van der Waals surface area contributed by atoms with Crippen molar-refractivity contribution < 1.29 is 18.0 Å². The molecule has 0 saturated heterocycles. The number of carbonyl (C=O) groups excluding carboxylic acids is 2. The summed E-state index contributed by atoms with van der Waals surface area (Å²) < 4.78 is 25.3. The minimum Gasteiger partial charge on any atom is -0.351 e. The Bertz CT molecular complexity index is 1380. The number of hydrogen-bond acceptors (Lipinski definition) is 6. The predicted molar refractivity (Wildman–Crippen MR) is 153 cm³/mol. The Morgan fingerprint density at radius 3 is 2.51 bits per heavy atom. The summed E-state index contributed by atoms with van der Waals surface area (Å²) in [4.78, 5) is 32.6. The van der Waals surface area contributed by atoms with E-state index in [2.05, 4.69) is 15.6 Å². The Morgan fingerprint density at radius 1 is 0.974 bits per heavy atom. The zero-order chi connectivity index (χ0) is 27.7. The van der Waals surface area contributed by atoms with Crippen molar-refractivity contribution in [3.05, 3.63) is 89.2 Å². The van der Waals surface area contributed by atoms with Gasteiger partial charge < -0.3 is 15.5 Å². The van der Waals surface area contributed by atoms with Crippen LogP contribution in [0.25, 0.3) is 0 Å². The smallest absolute Gasteiger partial charge is 0.259 e. The van der Waals surface area contributed by atoms with Crippen molar-refractivity contribution in [1.29, 1.82) is 0 Å². The number of benzene rings is 2. The van der Waals surface area contributed by atoms with Crippen LogP contribution in [-0.4, -0.2) is 50.6 Å². The third-order valence-electron chi connectivity index (χ3n) is 6.87. The van der Waals surface area contributed by atoms with Crippen molar-refractivity contribution in [3.63, 3.8) is 0 Å². The van der Waals surface area contributed by atoms with E-state index in [1.54, 1.807) is 65.8 Å². The van der Waals surface area contributed by atoms with E-state index in [0.29, 0.717) is 24.2 Å². The van der Waals surface area contributed by atoms with Crippen LogP contribution in [0.5, 0.6) is 0 Å². The lowest BCUT2D eigenvalue weighted by molar-refractivity contribution is 0.0954. The molecule has 0 aliphatic carbocycles. The van der Waals surface area contributed by atoms with Gasteiger partial charge in [0.05, 0.1) is 16.2 Å². The van der Waals surface area contributed by atoms with E-state index in [9.17, 15) is 18.0 Å². The van der Waals surface area contributed by atoms with Gasteiger partial charge in [0.25, 0.3) is 11.8 Å². The van der Waals surface area contributed by atoms with Gasteiger partial charge in [0.2, 0.25) is 0 Å². The fraction of sp³-hybridized carbons (Fsp3) is 0.367. The largest absolute Gasteiger partial charge is 0.351 e.